The highest BCUT2D eigenvalue weighted by atomic mass is 16.7. The van der Waals surface area contributed by atoms with Crippen LogP contribution in [0.5, 0.6) is 0 Å². The molecule has 1 aliphatic rings. The lowest BCUT2D eigenvalue weighted by molar-refractivity contribution is -0.192. The number of carbonyl (C=O) groups is 1. The van der Waals surface area contributed by atoms with Crippen molar-refractivity contribution in [2.45, 2.75) is 45.6 Å². The summed E-state index contributed by atoms with van der Waals surface area (Å²) in [6.07, 6.45) is 4.61. The highest BCUT2D eigenvalue weighted by Gasteiger charge is 2.25. The molecule has 0 aliphatic carbocycles. The third-order valence-corrected chi connectivity index (χ3v) is 2.19. The average Bonchev–Trinajstić information content (AvgIpc) is 2.37. The number of rotatable bonds is 3. The predicted octanol–water partition coefficient (Wildman–Crippen LogP) is 1.73. The van der Waals surface area contributed by atoms with Crippen LogP contribution in [0.2, 0.25) is 0 Å². The van der Waals surface area contributed by atoms with Gasteiger partial charge in [0.05, 0.1) is 0 Å². The fraction of sp³-hybridized carbons (Fsp3) is 0.889. The van der Waals surface area contributed by atoms with Crippen molar-refractivity contribution in [2.24, 2.45) is 0 Å². The second-order valence-electron chi connectivity index (χ2n) is 3.31. The van der Waals surface area contributed by atoms with Crippen LogP contribution in [0.25, 0.3) is 0 Å². The highest BCUT2D eigenvalue weighted by molar-refractivity contribution is 5.65. The maximum absolute atomic E-state index is 10.7. The van der Waals surface area contributed by atoms with Crippen LogP contribution in [0.15, 0.2) is 0 Å². The molecule has 3 heteroatoms. The van der Waals surface area contributed by atoms with Crippen molar-refractivity contribution in [3.63, 3.8) is 0 Å². The maximum Gasteiger partial charge on any atom is 0.322 e. The molecule has 1 unspecified atom stereocenters. The molecule has 1 rings (SSSR count). The third kappa shape index (κ3) is 2.48. The Labute approximate surface area is 73.6 Å². The first-order valence-electron chi connectivity index (χ1n) is 4.69. The summed E-state index contributed by atoms with van der Waals surface area (Å²) in [5.74, 6) is -0.196. The molecule has 1 aliphatic heterocycles. The molecule has 0 aromatic carbocycles. The van der Waals surface area contributed by atoms with Gasteiger partial charge in [0.1, 0.15) is 0 Å². The van der Waals surface area contributed by atoms with E-state index in [1.54, 1.807) is 0 Å². The van der Waals surface area contributed by atoms with Gasteiger partial charge in [0.2, 0.25) is 0 Å². The number of hydrogen-bond donors (Lipinski definition) is 0. The van der Waals surface area contributed by atoms with E-state index in [2.05, 4.69) is 6.92 Å². The van der Waals surface area contributed by atoms with Crippen LogP contribution >= 0.6 is 0 Å². The van der Waals surface area contributed by atoms with E-state index in [0.717, 1.165) is 25.8 Å². The first kappa shape index (κ1) is 9.52. The lowest BCUT2D eigenvalue weighted by Crippen LogP contribution is -2.31. The van der Waals surface area contributed by atoms with E-state index in [9.17, 15) is 4.79 Å². The van der Waals surface area contributed by atoms with Crippen LogP contribution in [-0.4, -0.2) is 23.6 Å². The Morgan fingerprint density at radius 3 is 3.00 bits per heavy atom. The second kappa shape index (κ2) is 4.45. The molecule has 0 spiro atoms. The van der Waals surface area contributed by atoms with Crippen molar-refractivity contribution in [2.75, 3.05) is 6.54 Å². The summed E-state index contributed by atoms with van der Waals surface area (Å²) in [7, 11) is 0. The van der Waals surface area contributed by atoms with Crippen LogP contribution in [0.1, 0.15) is 39.5 Å². The van der Waals surface area contributed by atoms with E-state index in [0.29, 0.717) is 6.04 Å². The molecule has 1 saturated heterocycles. The van der Waals surface area contributed by atoms with Gasteiger partial charge in [-0.2, -0.15) is 0 Å². The number of nitrogens with zero attached hydrogens (tertiary/aromatic N) is 1. The first-order chi connectivity index (χ1) is 5.74. The Bertz CT molecular complexity index is 159. The molecular formula is C9H17NO2. The van der Waals surface area contributed by atoms with E-state index >= 15 is 0 Å². The molecule has 70 valence electrons. The molecule has 0 amide bonds. The van der Waals surface area contributed by atoms with Gasteiger partial charge in [-0.25, -0.2) is 0 Å². The molecule has 0 aromatic rings. The Hall–Kier alpha value is -0.570. The van der Waals surface area contributed by atoms with Crippen LogP contribution < -0.4 is 0 Å². The normalized spacial score (nSPS) is 24.3. The van der Waals surface area contributed by atoms with Crippen molar-refractivity contribution >= 4 is 5.97 Å². The molecule has 0 bridgehead atoms. The molecule has 0 aromatic heterocycles. The van der Waals surface area contributed by atoms with Gasteiger partial charge < -0.3 is 4.84 Å². The van der Waals surface area contributed by atoms with E-state index < -0.39 is 0 Å². The third-order valence-electron chi connectivity index (χ3n) is 2.19. The summed E-state index contributed by atoms with van der Waals surface area (Å²) in [6, 6.07) is 0.471. The van der Waals surface area contributed by atoms with Gasteiger partial charge in [-0.05, 0) is 19.3 Å². The quantitative estimate of drug-likeness (QED) is 0.647. The Balaban J connectivity index is 2.35. The zero-order valence-corrected chi connectivity index (χ0v) is 7.88. The van der Waals surface area contributed by atoms with Crippen LogP contribution in [0, 0.1) is 0 Å². The van der Waals surface area contributed by atoms with Gasteiger partial charge in [-0.3, -0.25) is 4.79 Å². The summed E-state index contributed by atoms with van der Waals surface area (Å²) in [5.41, 5.74) is 0. The Morgan fingerprint density at radius 2 is 2.42 bits per heavy atom. The standard InChI is InChI=1S/C9H17NO2/c1-3-5-9-6-4-7-10(9)12-8(2)11/h9H,3-7H2,1-2H3. The number of hydroxylamine groups is 2. The molecule has 1 atom stereocenters. The zero-order valence-electron chi connectivity index (χ0n) is 7.88. The minimum absolute atomic E-state index is 0.196. The lowest BCUT2D eigenvalue weighted by atomic mass is 10.1. The van der Waals surface area contributed by atoms with Gasteiger partial charge in [-0.1, -0.05) is 13.3 Å². The first-order valence-corrected chi connectivity index (χ1v) is 4.69. The Morgan fingerprint density at radius 1 is 1.67 bits per heavy atom. The fourth-order valence-corrected chi connectivity index (χ4v) is 1.72. The maximum atomic E-state index is 10.7. The number of hydrogen-bond acceptors (Lipinski definition) is 3. The summed E-state index contributed by atoms with van der Waals surface area (Å²) in [5, 5.41) is 1.84. The summed E-state index contributed by atoms with van der Waals surface area (Å²) in [4.78, 5) is 15.8. The minimum Gasteiger partial charge on any atom is -0.368 e. The van der Waals surface area contributed by atoms with Crippen molar-refractivity contribution in [1.29, 1.82) is 0 Å². The van der Waals surface area contributed by atoms with E-state index in [1.165, 1.54) is 13.3 Å². The van der Waals surface area contributed by atoms with Crippen LogP contribution in [0.3, 0.4) is 0 Å². The summed E-state index contributed by atoms with van der Waals surface area (Å²) < 4.78 is 0. The fourth-order valence-electron chi connectivity index (χ4n) is 1.72. The van der Waals surface area contributed by atoms with E-state index in [4.69, 9.17) is 4.84 Å². The van der Waals surface area contributed by atoms with Crippen molar-refractivity contribution < 1.29 is 9.63 Å². The average molecular weight is 171 g/mol. The molecule has 0 saturated carbocycles. The van der Waals surface area contributed by atoms with E-state index in [-0.39, 0.29) is 5.97 Å². The van der Waals surface area contributed by atoms with Gasteiger partial charge in [0.15, 0.2) is 0 Å². The molecule has 12 heavy (non-hydrogen) atoms. The smallest absolute Gasteiger partial charge is 0.322 e. The monoisotopic (exact) mass is 171 g/mol. The largest absolute Gasteiger partial charge is 0.368 e. The number of carbonyl (C=O) groups excluding carboxylic acids is 1. The van der Waals surface area contributed by atoms with Gasteiger partial charge in [0, 0.05) is 19.5 Å². The second-order valence-corrected chi connectivity index (χ2v) is 3.31. The molecule has 1 heterocycles. The molecule has 1 fully saturated rings. The van der Waals surface area contributed by atoms with E-state index in [1.807, 2.05) is 5.06 Å². The Kier molecular flexibility index (Phi) is 3.53. The lowest BCUT2D eigenvalue weighted by Gasteiger charge is -2.21. The molecule has 0 N–H and O–H groups in total. The van der Waals surface area contributed by atoms with Crippen molar-refractivity contribution in [3.05, 3.63) is 0 Å². The van der Waals surface area contributed by atoms with Gasteiger partial charge in [0.25, 0.3) is 0 Å². The van der Waals surface area contributed by atoms with Crippen LogP contribution in [-0.2, 0) is 9.63 Å². The zero-order chi connectivity index (χ0) is 8.97. The predicted molar refractivity (Wildman–Crippen MR) is 46.4 cm³/mol. The molecule has 0 radical (unpaired) electrons. The SMILES string of the molecule is CCCC1CCCN1OC(C)=O. The van der Waals surface area contributed by atoms with Crippen LogP contribution in [0.4, 0.5) is 0 Å². The van der Waals surface area contributed by atoms with Crippen molar-refractivity contribution in [3.8, 4) is 0 Å². The summed E-state index contributed by atoms with van der Waals surface area (Å²) >= 11 is 0. The van der Waals surface area contributed by atoms with Crippen molar-refractivity contribution in [1.82, 2.24) is 5.06 Å². The van der Waals surface area contributed by atoms with Gasteiger partial charge >= 0.3 is 5.97 Å². The molecule has 3 nitrogen and oxygen atoms in total. The highest BCUT2D eigenvalue weighted by Crippen LogP contribution is 2.21. The minimum atomic E-state index is -0.196. The molecular weight excluding hydrogens is 154 g/mol. The van der Waals surface area contributed by atoms with Gasteiger partial charge in [-0.15, -0.1) is 5.06 Å². The topological polar surface area (TPSA) is 29.5 Å². The summed E-state index contributed by atoms with van der Waals surface area (Å²) in [6.45, 7) is 4.52.